The quantitative estimate of drug-likeness (QED) is 0.599. The molecule has 1 aliphatic rings. The van der Waals surface area contributed by atoms with E-state index >= 15 is 0 Å². The minimum atomic E-state index is -0.885. The molecule has 1 heterocycles. The van der Waals surface area contributed by atoms with Gasteiger partial charge in [-0.3, -0.25) is 4.79 Å². The highest BCUT2D eigenvalue weighted by Gasteiger charge is 2.43. The lowest BCUT2D eigenvalue weighted by molar-refractivity contribution is -0.175. The Morgan fingerprint density at radius 1 is 1.67 bits per heavy atom. The number of cyclic esters (lactones) is 1. The van der Waals surface area contributed by atoms with Gasteiger partial charge in [0.1, 0.15) is 0 Å². The molecule has 1 rings (SSSR count). The van der Waals surface area contributed by atoms with Crippen molar-refractivity contribution in [1.82, 2.24) is 0 Å². The molecule has 0 saturated carbocycles. The molecule has 12 heavy (non-hydrogen) atoms. The van der Waals surface area contributed by atoms with Gasteiger partial charge in [-0.15, -0.1) is 0 Å². The van der Waals surface area contributed by atoms with Gasteiger partial charge in [-0.2, -0.15) is 0 Å². The van der Waals surface area contributed by atoms with Crippen molar-refractivity contribution in [2.45, 2.75) is 32.8 Å². The Hall–Kier alpha value is -0.570. The first kappa shape index (κ1) is 9.52. The summed E-state index contributed by atoms with van der Waals surface area (Å²) in [6, 6.07) is 0. The molecule has 70 valence electrons. The zero-order valence-electron chi connectivity index (χ0n) is 7.83. The Kier molecular flexibility index (Phi) is 2.42. The number of esters is 1. The molecule has 3 heteroatoms. The van der Waals surface area contributed by atoms with Crippen molar-refractivity contribution in [3.05, 3.63) is 0 Å². The molecule has 0 amide bonds. The van der Waals surface area contributed by atoms with E-state index in [1.165, 1.54) is 0 Å². The first-order chi connectivity index (χ1) is 5.45. The summed E-state index contributed by atoms with van der Waals surface area (Å²) >= 11 is 0. The molecule has 0 spiro atoms. The van der Waals surface area contributed by atoms with E-state index < -0.39 is 5.60 Å². The van der Waals surface area contributed by atoms with Crippen LogP contribution in [-0.2, 0) is 9.53 Å². The predicted molar refractivity (Wildman–Crippen MR) is 44.5 cm³/mol. The highest BCUT2D eigenvalue weighted by molar-refractivity contribution is 5.74. The first-order valence-corrected chi connectivity index (χ1v) is 4.34. The maximum Gasteiger partial charge on any atom is 0.312 e. The van der Waals surface area contributed by atoms with E-state index in [1.54, 1.807) is 6.92 Å². The molecule has 0 bridgehead atoms. The number of hydrogen-bond donors (Lipinski definition) is 1. The summed E-state index contributed by atoms with van der Waals surface area (Å²) in [6.45, 7) is 5.89. The number of ether oxygens (including phenoxy) is 1. The van der Waals surface area contributed by atoms with Crippen molar-refractivity contribution < 1.29 is 14.6 Å². The van der Waals surface area contributed by atoms with Crippen LogP contribution in [0.15, 0.2) is 0 Å². The van der Waals surface area contributed by atoms with Gasteiger partial charge >= 0.3 is 5.97 Å². The zero-order valence-corrected chi connectivity index (χ0v) is 7.83. The van der Waals surface area contributed by atoms with Crippen molar-refractivity contribution >= 4 is 5.97 Å². The van der Waals surface area contributed by atoms with Gasteiger partial charge in [-0.1, -0.05) is 13.8 Å². The maximum absolute atomic E-state index is 11.3. The van der Waals surface area contributed by atoms with Gasteiger partial charge in [0.15, 0.2) is 0 Å². The molecule has 0 aromatic rings. The molecule has 1 fully saturated rings. The van der Waals surface area contributed by atoms with Crippen LogP contribution in [0.25, 0.3) is 0 Å². The Morgan fingerprint density at radius 3 is 2.58 bits per heavy atom. The smallest absolute Gasteiger partial charge is 0.312 e. The van der Waals surface area contributed by atoms with E-state index in [4.69, 9.17) is 4.74 Å². The third kappa shape index (κ3) is 1.61. The molecule has 3 nitrogen and oxygen atoms in total. The Balaban J connectivity index is 2.81. The fourth-order valence-electron chi connectivity index (χ4n) is 1.85. The molecule has 0 aromatic heterocycles. The SMILES string of the molecule is CC(C)[C@H]1C(=O)OCC[C@@]1(C)O. The van der Waals surface area contributed by atoms with E-state index in [0.717, 1.165) is 0 Å². The fourth-order valence-corrected chi connectivity index (χ4v) is 1.85. The number of carbonyl (C=O) groups excluding carboxylic acids is 1. The molecule has 2 atom stereocenters. The van der Waals surface area contributed by atoms with E-state index in [9.17, 15) is 9.90 Å². The predicted octanol–water partition coefficient (Wildman–Crippen LogP) is 0.956. The molecule has 1 aliphatic heterocycles. The van der Waals surface area contributed by atoms with Crippen LogP contribution in [0.5, 0.6) is 0 Å². The van der Waals surface area contributed by atoms with Crippen LogP contribution >= 0.6 is 0 Å². The summed E-state index contributed by atoms with van der Waals surface area (Å²) in [5.41, 5.74) is -0.885. The summed E-state index contributed by atoms with van der Waals surface area (Å²) in [5.74, 6) is -0.500. The van der Waals surface area contributed by atoms with E-state index in [0.29, 0.717) is 13.0 Å². The largest absolute Gasteiger partial charge is 0.465 e. The monoisotopic (exact) mass is 172 g/mol. The van der Waals surface area contributed by atoms with Crippen molar-refractivity contribution in [1.29, 1.82) is 0 Å². The fraction of sp³-hybridized carbons (Fsp3) is 0.889. The molecule has 0 aliphatic carbocycles. The van der Waals surface area contributed by atoms with Gasteiger partial charge in [-0.25, -0.2) is 0 Å². The van der Waals surface area contributed by atoms with Crippen LogP contribution in [0.2, 0.25) is 0 Å². The van der Waals surface area contributed by atoms with Gasteiger partial charge in [0.25, 0.3) is 0 Å². The summed E-state index contributed by atoms with van der Waals surface area (Å²) in [7, 11) is 0. The van der Waals surface area contributed by atoms with Crippen molar-refractivity contribution in [2.24, 2.45) is 11.8 Å². The average Bonchev–Trinajstić information content (AvgIpc) is 1.82. The third-order valence-corrected chi connectivity index (χ3v) is 2.44. The molecular weight excluding hydrogens is 156 g/mol. The number of rotatable bonds is 1. The van der Waals surface area contributed by atoms with Crippen molar-refractivity contribution in [3.63, 3.8) is 0 Å². The summed E-state index contributed by atoms with van der Waals surface area (Å²) in [4.78, 5) is 11.3. The van der Waals surface area contributed by atoms with Crippen LogP contribution in [-0.4, -0.2) is 23.3 Å². The van der Waals surface area contributed by atoms with E-state index in [2.05, 4.69) is 0 Å². The molecule has 1 saturated heterocycles. The first-order valence-electron chi connectivity index (χ1n) is 4.34. The lowest BCUT2D eigenvalue weighted by Gasteiger charge is -2.37. The second-order valence-electron chi connectivity index (χ2n) is 4.00. The molecule has 0 aromatic carbocycles. The van der Waals surface area contributed by atoms with Crippen LogP contribution in [0.4, 0.5) is 0 Å². The Bertz CT molecular complexity index is 184. The lowest BCUT2D eigenvalue weighted by atomic mass is 9.78. The standard InChI is InChI=1S/C9H16O3/c1-6(2)7-8(10)12-5-4-9(7,3)11/h6-7,11H,4-5H2,1-3H3/t7-,9+/m0/s1. The van der Waals surface area contributed by atoms with Crippen molar-refractivity contribution in [3.8, 4) is 0 Å². The zero-order chi connectivity index (χ0) is 9.35. The van der Waals surface area contributed by atoms with Crippen LogP contribution in [0.3, 0.4) is 0 Å². The number of hydrogen-bond acceptors (Lipinski definition) is 3. The van der Waals surface area contributed by atoms with Gasteiger partial charge in [-0.05, 0) is 12.8 Å². The average molecular weight is 172 g/mol. The van der Waals surface area contributed by atoms with Gasteiger partial charge < -0.3 is 9.84 Å². The lowest BCUT2D eigenvalue weighted by Crippen LogP contribution is -2.48. The summed E-state index contributed by atoms with van der Waals surface area (Å²) in [5, 5.41) is 9.87. The van der Waals surface area contributed by atoms with Crippen LogP contribution in [0, 0.1) is 11.8 Å². The molecule has 0 radical (unpaired) electrons. The van der Waals surface area contributed by atoms with Crippen LogP contribution < -0.4 is 0 Å². The minimum Gasteiger partial charge on any atom is -0.465 e. The minimum absolute atomic E-state index is 0.132. The Morgan fingerprint density at radius 2 is 2.25 bits per heavy atom. The topological polar surface area (TPSA) is 46.5 Å². The summed E-state index contributed by atoms with van der Waals surface area (Å²) in [6.07, 6.45) is 0.543. The molecule has 0 unspecified atom stereocenters. The normalized spacial score (nSPS) is 36.8. The van der Waals surface area contributed by atoms with Crippen LogP contribution in [0.1, 0.15) is 27.2 Å². The van der Waals surface area contributed by atoms with E-state index in [-0.39, 0.29) is 17.8 Å². The number of aliphatic hydroxyl groups is 1. The third-order valence-electron chi connectivity index (χ3n) is 2.44. The number of carbonyl (C=O) groups is 1. The summed E-state index contributed by atoms with van der Waals surface area (Å²) < 4.78 is 4.89. The highest BCUT2D eigenvalue weighted by Crippen LogP contribution is 2.32. The second-order valence-corrected chi connectivity index (χ2v) is 4.00. The maximum atomic E-state index is 11.3. The van der Waals surface area contributed by atoms with E-state index in [1.807, 2.05) is 13.8 Å². The van der Waals surface area contributed by atoms with Gasteiger partial charge in [0, 0.05) is 6.42 Å². The van der Waals surface area contributed by atoms with Crippen molar-refractivity contribution in [2.75, 3.05) is 6.61 Å². The van der Waals surface area contributed by atoms with Gasteiger partial charge in [0.2, 0.25) is 0 Å². The molecular formula is C9H16O3. The Labute approximate surface area is 72.7 Å². The highest BCUT2D eigenvalue weighted by atomic mass is 16.5. The van der Waals surface area contributed by atoms with Gasteiger partial charge in [0.05, 0.1) is 18.1 Å². The molecule has 1 N–H and O–H groups in total. The second kappa shape index (κ2) is 3.05.